The summed E-state index contributed by atoms with van der Waals surface area (Å²) < 4.78 is 10.6. The summed E-state index contributed by atoms with van der Waals surface area (Å²) in [5.41, 5.74) is 1.49. The second kappa shape index (κ2) is 7.85. The topological polar surface area (TPSA) is 71.3 Å². The Labute approximate surface area is 135 Å². The van der Waals surface area contributed by atoms with E-state index < -0.39 is 0 Å². The maximum atomic E-state index is 12.0. The molecule has 0 aliphatic rings. The summed E-state index contributed by atoms with van der Waals surface area (Å²) in [7, 11) is 1.49. The number of benzene rings is 2. The second-order valence-electron chi connectivity index (χ2n) is 4.97. The Bertz CT molecular complexity index is 708. The molecule has 5 heteroatoms. The van der Waals surface area contributed by atoms with E-state index in [-0.39, 0.29) is 18.6 Å². The van der Waals surface area contributed by atoms with Gasteiger partial charge in [0, 0.05) is 6.07 Å². The monoisotopic (exact) mass is 310 g/mol. The van der Waals surface area contributed by atoms with Crippen LogP contribution in [0.25, 0.3) is 0 Å². The van der Waals surface area contributed by atoms with Crippen LogP contribution in [0, 0.1) is 11.3 Å². The Balaban J connectivity index is 1.93. The summed E-state index contributed by atoms with van der Waals surface area (Å²) in [5.74, 6) is 0.620. The number of nitrogens with one attached hydrogen (secondary N) is 1. The number of carbonyl (C=O) groups excluding carboxylic acids is 1. The summed E-state index contributed by atoms with van der Waals surface area (Å²) in [5, 5.41) is 11.7. The molecule has 5 nitrogen and oxygen atoms in total. The number of hydrogen-bond donors (Lipinski definition) is 1. The number of ether oxygens (including phenoxy) is 2. The van der Waals surface area contributed by atoms with Crippen molar-refractivity contribution in [2.45, 2.75) is 13.0 Å². The van der Waals surface area contributed by atoms with Crippen LogP contribution in [0.2, 0.25) is 0 Å². The Hall–Kier alpha value is -3.00. The van der Waals surface area contributed by atoms with Gasteiger partial charge in [0.25, 0.3) is 5.91 Å². The van der Waals surface area contributed by atoms with E-state index in [0.717, 1.165) is 5.56 Å². The Morgan fingerprint density at radius 3 is 2.61 bits per heavy atom. The van der Waals surface area contributed by atoms with Crippen molar-refractivity contribution in [2.24, 2.45) is 0 Å². The second-order valence-corrected chi connectivity index (χ2v) is 4.97. The van der Waals surface area contributed by atoms with Crippen LogP contribution in [0.4, 0.5) is 0 Å². The number of hydrogen-bond acceptors (Lipinski definition) is 4. The van der Waals surface area contributed by atoms with Gasteiger partial charge in [-0.3, -0.25) is 4.79 Å². The van der Waals surface area contributed by atoms with Crippen LogP contribution in [0.3, 0.4) is 0 Å². The van der Waals surface area contributed by atoms with Crippen molar-refractivity contribution in [3.8, 4) is 17.6 Å². The Morgan fingerprint density at radius 2 is 1.96 bits per heavy atom. The first-order valence-corrected chi connectivity index (χ1v) is 7.19. The fourth-order valence-corrected chi connectivity index (χ4v) is 2.11. The number of amides is 1. The number of methoxy groups -OCH3 is 1. The summed E-state index contributed by atoms with van der Waals surface area (Å²) in [6.07, 6.45) is 0. The Kier molecular flexibility index (Phi) is 5.59. The van der Waals surface area contributed by atoms with Crippen molar-refractivity contribution in [2.75, 3.05) is 13.7 Å². The van der Waals surface area contributed by atoms with E-state index in [4.69, 9.17) is 14.7 Å². The van der Waals surface area contributed by atoms with Gasteiger partial charge in [0.1, 0.15) is 0 Å². The minimum atomic E-state index is -0.229. The third-order valence-electron chi connectivity index (χ3n) is 3.33. The van der Waals surface area contributed by atoms with Crippen LogP contribution in [0.15, 0.2) is 48.5 Å². The molecule has 0 heterocycles. The molecule has 0 aliphatic heterocycles. The molecule has 0 spiro atoms. The standard InChI is InChI=1S/C18H18N2O3/c1-13(15-6-4-3-5-7-15)20-18(21)12-23-16-9-8-14(11-19)10-17(16)22-2/h3-10,13H,12H2,1-2H3,(H,20,21)/t13-/m0/s1. The fraction of sp³-hybridized carbons (Fsp3) is 0.222. The van der Waals surface area contributed by atoms with Gasteiger partial charge in [-0.2, -0.15) is 5.26 Å². The summed E-state index contributed by atoms with van der Waals surface area (Å²) >= 11 is 0. The van der Waals surface area contributed by atoms with Gasteiger partial charge in [-0.15, -0.1) is 0 Å². The number of nitrogens with zero attached hydrogens (tertiary/aromatic N) is 1. The van der Waals surface area contributed by atoms with Crippen molar-refractivity contribution in [3.63, 3.8) is 0 Å². The molecule has 2 rings (SSSR count). The third-order valence-corrected chi connectivity index (χ3v) is 3.33. The van der Waals surface area contributed by atoms with Crippen molar-refractivity contribution >= 4 is 5.91 Å². The first-order valence-electron chi connectivity index (χ1n) is 7.19. The molecule has 0 saturated carbocycles. The van der Waals surface area contributed by atoms with Gasteiger partial charge in [0.05, 0.1) is 24.8 Å². The molecule has 118 valence electrons. The first kappa shape index (κ1) is 16.4. The van der Waals surface area contributed by atoms with Crippen LogP contribution in [-0.2, 0) is 4.79 Å². The fourth-order valence-electron chi connectivity index (χ4n) is 2.11. The molecule has 1 atom stereocenters. The lowest BCUT2D eigenvalue weighted by atomic mass is 10.1. The molecular formula is C18H18N2O3. The molecule has 2 aromatic carbocycles. The molecule has 0 bridgehead atoms. The molecule has 0 saturated heterocycles. The van der Waals surface area contributed by atoms with Gasteiger partial charge in [0.2, 0.25) is 0 Å². The SMILES string of the molecule is COc1cc(C#N)ccc1OCC(=O)N[C@@H](C)c1ccccc1. The number of rotatable bonds is 6. The minimum absolute atomic E-state index is 0.102. The van der Waals surface area contributed by atoms with Crippen molar-refractivity contribution in [1.29, 1.82) is 5.26 Å². The quantitative estimate of drug-likeness (QED) is 0.890. The maximum Gasteiger partial charge on any atom is 0.258 e. The molecule has 23 heavy (non-hydrogen) atoms. The summed E-state index contributed by atoms with van der Waals surface area (Å²) in [6, 6.07) is 16.4. The van der Waals surface area contributed by atoms with Gasteiger partial charge >= 0.3 is 0 Å². The van der Waals surface area contributed by atoms with Crippen LogP contribution < -0.4 is 14.8 Å². The van der Waals surface area contributed by atoms with Gasteiger partial charge in [-0.25, -0.2) is 0 Å². The van der Waals surface area contributed by atoms with E-state index >= 15 is 0 Å². The smallest absolute Gasteiger partial charge is 0.258 e. The third kappa shape index (κ3) is 4.48. The zero-order valence-corrected chi connectivity index (χ0v) is 13.1. The molecule has 1 N–H and O–H groups in total. The molecule has 0 aromatic heterocycles. The average molecular weight is 310 g/mol. The Morgan fingerprint density at radius 1 is 1.22 bits per heavy atom. The molecule has 0 fully saturated rings. The van der Waals surface area contributed by atoms with Gasteiger partial charge in [-0.05, 0) is 24.6 Å². The zero-order valence-electron chi connectivity index (χ0n) is 13.1. The van der Waals surface area contributed by atoms with Crippen molar-refractivity contribution < 1.29 is 14.3 Å². The minimum Gasteiger partial charge on any atom is -0.493 e. The largest absolute Gasteiger partial charge is 0.493 e. The molecule has 2 aromatic rings. The van der Waals surface area contributed by atoms with E-state index in [1.54, 1.807) is 18.2 Å². The van der Waals surface area contributed by atoms with E-state index in [1.165, 1.54) is 7.11 Å². The number of carbonyl (C=O) groups is 1. The van der Waals surface area contributed by atoms with E-state index in [1.807, 2.05) is 43.3 Å². The highest BCUT2D eigenvalue weighted by Crippen LogP contribution is 2.27. The number of nitriles is 1. The van der Waals surface area contributed by atoms with E-state index in [0.29, 0.717) is 17.1 Å². The maximum absolute atomic E-state index is 12.0. The van der Waals surface area contributed by atoms with Crippen LogP contribution in [0.5, 0.6) is 11.5 Å². The summed E-state index contributed by atoms with van der Waals surface area (Å²) in [4.78, 5) is 12.0. The normalized spacial score (nSPS) is 11.2. The van der Waals surface area contributed by atoms with Crippen LogP contribution in [-0.4, -0.2) is 19.6 Å². The molecule has 0 unspecified atom stereocenters. The van der Waals surface area contributed by atoms with Crippen molar-refractivity contribution in [3.05, 3.63) is 59.7 Å². The predicted molar refractivity (Wildman–Crippen MR) is 86.2 cm³/mol. The van der Waals surface area contributed by atoms with E-state index in [9.17, 15) is 4.79 Å². The lowest BCUT2D eigenvalue weighted by Crippen LogP contribution is -2.31. The highest BCUT2D eigenvalue weighted by atomic mass is 16.5. The molecule has 1 amide bonds. The van der Waals surface area contributed by atoms with Gasteiger partial charge in [0.15, 0.2) is 18.1 Å². The predicted octanol–water partition coefficient (Wildman–Crippen LogP) is 2.82. The van der Waals surface area contributed by atoms with Gasteiger partial charge < -0.3 is 14.8 Å². The van der Waals surface area contributed by atoms with E-state index in [2.05, 4.69) is 5.32 Å². The highest BCUT2D eigenvalue weighted by molar-refractivity contribution is 5.78. The lowest BCUT2D eigenvalue weighted by Gasteiger charge is -2.15. The lowest BCUT2D eigenvalue weighted by molar-refractivity contribution is -0.123. The zero-order chi connectivity index (χ0) is 16.7. The molecule has 0 aliphatic carbocycles. The van der Waals surface area contributed by atoms with Crippen LogP contribution in [0.1, 0.15) is 24.1 Å². The highest BCUT2D eigenvalue weighted by Gasteiger charge is 2.12. The van der Waals surface area contributed by atoms with Crippen molar-refractivity contribution in [1.82, 2.24) is 5.32 Å². The molecule has 0 radical (unpaired) electrons. The van der Waals surface area contributed by atoms with Gasteiger partial charge in [-0.1, -0.05) is 30.3 Å². The van der Waals surface area contributed by atoms with Crippen LogP contribution >= 0.6 is 0 Å². The molecular weight excluding hydrogens is 292 g/mol. The first-order chi connectivity index (χ1) is 11.1. The average Bonchev–Trinajstić information content (AvgIpc) is 2.60. The summed E-state index contributed by atoms with van der Waals surface area (Å²) in [6.45, 7) is 1.79.